The molecule has 2 nitrogen and oxygen atoms in total. The van der Waals surface area contributed by atoms with Crippen LogP contribution in [0.15, 0.2) is 0 Å². The number of rotatable bonds is 2. The Morgan fingerprint density at radius 3 is 2.56 bits per heavy atom. The van der Waals surface area contributed by atoms with Crippen molar-refractivity contribution >= 4 is 5.97 Å². The Morgan fingerprint density at radius 1 is 1.89 bits per heavy atom. The van der Waals surface area contributed by atoms with Crippen molar-refractivity contribution in [3.05, 3.63) is 0 Å². The van der Waals surface area contributed by atoms with Gasteiger partial charge in [-0.3, -0.25) is 4.79 Å². The van der Waals surface area contributed by atoms with E-state index >= 15 is 0 Å². The standard InChI is InChI=1S/C7H10O2/c1-4-6(5-2)7(8)9-3/h1,6H,5H2,2-3H3. The molecule has 0 heterocycles. The highest BCUT2D eigenvalue weighted by Gasteiger charge is 2.11. The predicted molar refractivity (Wildman–Crippen MR) is 34.6 cm³/mol. The van der Waals surface area contributed by atoms with Crippen LogP contribution < -0.4 is 0 Å². The summed E-state index contributed by atoms with van der Waals surface area (Å²) in [5, 5.41) is 0. The van der Waals surface area contributed by atoms with E-state index in [0.29, 0.717) is 6.42 Å². The minimum atomic E-state index is -0.366. The molecule has 0 aromatic carbocycles. The Balaban J connectivity index is 3.84. The first kappa shape index (κ1) is 8.03. The highest BCUT2D eigenvalue weighted by molar-refractivity contribution is 5.75. The molecule has 0 saturated heterocycles. The third-order valence-corrected chi connectivity index (χ3v) is 1.10. The Morgan fingerprint density at radius 2 is 2.44 bits per heavy atom. The summed E-state index contributed by atoms with van der Waals surface area (Å²) in [7, 11) is 1.34. The lowest BCUT2D eigenvalue weighted by molar-refractivity contribution is -0.143. The molecule has 0 aliphatic carbocycles. The Bertz CT molecular complexity index is 132. The van der Waals surface area contributed by atoms with E-state index in [-0.39, 0.29) is 11.9 Å². The summed E-state index contributed by atoms with van der Waals surface area (Å²) >= 11 is 0. The maximum Gasteiger partial charge on any atom is 0.320 e. The highest BCUT2D eigenvalue weighted by Crippen LogP contribution is 2.01. The molecule has 0 rings (SSSR count). The molecule has 0 bridgehead atoms. The van der Waals surface area contributed by atoms with Gasteiger partial charge in [0.25, 0.3) is 0 Å². The number of methoxy groups -OCH3 is 1. The van der Waals surface area contributed by atoms with E-state index in [1.807, 2.05) is 6.92 Å². The average Bonchev–Trinajstić information content (AvgIpc) is 1.90. The van der Waals surface area contributed by atoms with Gasteiger partial charge in [0.1, 0.15) is 5.92 Å². The summed E-state index contributed by atoms with van der Waals surface area (Å²) in [5.41, 5.74) is 0. The number of carbonyl (C=O) groups is 1. The topological polar surface area (TPSA) is 26.3 Å². The predicted octanol–water partition coefficient (Wildman–Crippen LogP) is 0.819. The molecule has 50 valence electrons. The molecule has 0 aliphatic heterocycles. The number of ether oxygens (including phenoxy) is 1. The quantitative estimate of drug-likeness (QED) is 0.404. The minimum Gasteiger partial charge on any atom is -0.468 e. The van der Waals surface area contributed by atoms with E-state index in [1.54, 1.807) is 0 Å². The van der Waals surface area contributed by atoms with Crippen LogP contribution in [0.1, 0.15) is 13.3 Å². The molecule has 0 N–H and O–H groups in total. The molecular formula is C7H10O2. The van der Waals surface area contributed by atoms with Gasteiger partial charge in [-0.25, -0.2) is 0 Å². The Hall–Kier alpha value is -0.970. The van der Waals surface area contributed by atoms with Crippen molar-refractivity contribution in [2.24, 2.45) is 5.92 Å². The van der Waals surface area contributed by atoms with Crippen LogP contribution in [-0.4, -0.2) is 13.1 Å². The van der Waals surface area contributed by atoms with Gasteiger partial charge in [-0.15, -0.1) is 6.42 Å². The first-order chi connectivity index (χ1) is 4.26. The van der Waals surface area contributed by atoms with E-state index in [1.165, 1.54) is 7.11 Å². The molecular weight excluding hydrogens is 116 g/mol. The van der Waals surface area contributed by atoms with Crippen LogP contribution in [-0.2, 0) is 9.53 Å². The van der Waals surface area contributed by atoms with E-state index in [0.717, 1.165) is 0 Å². The summed E-state index contributed by atoms with van der Waals surface area (Å²) in [6, 6.07) is 0. The van der Waals surface area contributed by atoms with Gasteiger partial charge in [-0.05, 0) is 6.42 Å². The fourth-order valence-electron chi connectivity index (χ4n) is 0.495. The molecule has 0 aromatic rings. The zero-order valence-corrected chi connectivity index (χ0v) is 5.68. The maximum absolute atomic E-state index is 10.6. The van der Waals surface area contributed by atoms with Gasteiger partial charge in [-0.2, -0.15) is 0 Å². The molecule has 2 heteroatoms. The third kappa shape index (κ3) is 2.18. The largest absolute Gasteiger partial charge is 0.468 e. The van der Waals surface area contributed by atoms with Gasteiger partial charge in [0, 0.05) is 0 Å². The molecule has 9 heavy (non-hydrogen) atoms. The van der Waals surface area contributed by atoms with Crippen molar-refractivity contribution in [3.63, 3.8) is 0 Å². The van der Waals surface area contributed by atoms with Crippen LogP contribution >= 0.6 is 0 Å². The van der Waals surface area contributed by atoms with E-state index in [2.05, 4.69) is 10.7 Å². The van der Waals surface area contributed by atoms with Crippen molar-refractivity contribution < 1.29 is 9.53 Å². The van der Waals surface area contributed by atoms with Gasteiger partial charge < -0.3 is 4.74 Å². The Labute approximate surface area is 55.2 Å². The molecule has 0 fully saturated rings. The van der Waals surface area contributed by atoms with E-state index in [9.17, 15) is 4.79 Å². The number of hydrogen-bond donors (Lipinski definition) is 0. The average molecular weight is 126 g/mol. The van der Waals surface area contributed by atoms with Crippen molar-refractivity contribution in [2.75, 3.05) is 7.11 Å². The summed E-state index contributed by atoms with van der Waals surface area (Å²) in [5.74, 6) is 1.64. The van der Waals surface area contributed by atoms with Crippen molar-refractivity contribution in [1.82, 2.24) is 0 Å². The summed E-state index contributed by atoms with van der Waals surface area (Å²) in [6.45, 7) is 1.85. The van der Waals surface area contributed by atoms with Gasteiger partial charge >= 0.3 is 5.97 Å². The van der Waals surface area contributed by atoms with Crippen LogP contribution in [0.4, 0.5) is 0 Å². The lowest BCUT2D eigenvalue weighted by Gasteiger charge is -2.02. The highest BCUT2D eigenvalue weighted by atomic mass is 16.5. The lowest BCUT2D eigenvalue weighted by atomic mass is 10.1. The third-order valence-electron chi connectivity index (χ3n) is 1.10. The SMILES string of the molecule is C#CC(CC)C(=O)OC. The maximum atomic E-state index is 10.6. The van der Waals surface area contributed by atoms with E-state index in [4.69, 9.17) is 6.42 Å². The second-order valence-corrected chi connectivity index (χ2v) is 1.65. The zero-order valence-electron chi connectivity index (χ0n) is 5.68. The van der Waals surface area contributed by atoms with Crippen LogP contribution in [0.2, 0.25) is 0 Å². The molecule has 0 radical (unpaired) electrons. The molecule has 0 saturated carbocycles. The van der Waals surface area contributed by atoms with E-state index < -0.39 is 0 Å². The first-order valence-corrected chi connectivity index (χ1v) is 2.80. The number of esters is 1. The molecule has 1 unspecified atom stereocenters. The van der Waals surface area contributed by atoms with Crippen molar-refractivity contribution in [2.45, 2.75) is 13.3 Å². The second kappa shape index (κ2) is 3.96. The minimum absolute atomic E-state index is 0.319. The Kier molecular flexibility index (Phi) is 3.54. The zero-order chi connectivity index (χ0) is 7.28. The fraction of sp³-hybridized carbons (Fsp3) is 0.571. The van der Waals surface area contributed by atoms with Gasteiger partial charge in [0.2, 0.25) is 0 Å². The van der Waals surface area contributed by atoms with Crippen LogP contribution in [0, 0.1) is 18.3 Å². The second-order valence-electron chi connectivity index (χ2n) is 1.65. The molecule has 0 aromatic heterocycles. The first-order valence-electron chi connectivity index (χ1n) is 2.80. The number of terminal acetylenes is 1. The number of carbonyl (C=O) groups excluding carboxylic acids is 1. The molecule has 0 amide bonds. The smallest absolute Gasteiger partial charge is 0.320 e. The van der Waals surface area contributed by atoms with Crippen molar-refractivity contribution in [1.29, 1.82) is 0 Å². The van der Waals surface area contributed by atoms with Crippen LogP contribution in [0.3, 0.4) is 0 Å². The normalized spacial score (nSPS) is 11.7. The molecule has 1 atom stereocenters. The van der Waals surface area contributed by atoms with Crippen molar-refractivity contribution in [3.8, 4) is 12.3 Å². The summed E-state index contributed by atoms with van der Waals surface area (Å²) < 4.78 is 4.41. The van der Waals surface area contributed by atoms with Gasteiger partial charge in [0.05, 0.1) is 7.11 Å². The van der Waals surface area contributed by atoms with Gasteiger partial charge in [0.15, 0.2) is 0 Å². The molecule has 0 aliphatic rings. The lowest BCUT2D eigenvalue weighted by Crippen LogP contribution is -2.12. The summed E-state index contributed by atoms with van der Waals surface area (Å²) in [6.07, 6.45) is 5.65. The van der Waals surface area contributed by atoms with Gasteiger partial charge in [-0.1, -0.05) is 12.8 Å². The summed E-state index contributed by atoms with van der Waals surface area (Å²) in [4.78, 5) is 10.6. The van der Waals surface area contributed by atoms with Crippen LogP contribution in [0.5, 0.6) is 0 Å². The number of hydrogen-bond acceptors (Lipinski definition) is 2. The monoisotopic (exact) mass is 126 g/mol. The molecule has 0 spiro atoms. The fourth-order valence-corrected chi connectivity index (χ4v) is 0.495. The van der Waals surface area contributed by atoms with Crippen LogP contribution in [0.25, 0.3) is 0 Å².